The van der Waals surface area contributed by atoms with Crippen LogP contribution in [0.15, 0.2) is 41.8 Å². The van der Waals surface area contributed by atoms with E-state index in [1.807, 2.05) is 37.4 Å². The Hall–Kier alpha value is -2.93. The van der Waals surface area contributed by atoms with Gasteiger partial charge >= 0.3 is 0 Å². The van der Waals surface area contributed by atoms with Gasteiger partial charge in [0.1, 0.15) is 0 Å². The molecule has 0 aliphatic carbocycles. The van der Waals surface area contributed by atoms with Crippen molar-refractivity contribution < 1.29 is 9.59 Å². The predicted octanol–water partition coefficient (Wildman–Crippen LogP) is 3.96. The molecule has 2 aromatic heterocycles. The van der Waals surface area contributed by atoms with Gasteiger partial charge in [-0.1, -0.05) is 37.3 Å². The van der Waals surface area contributed by atoms with Crippen molar-refractivity contribution in [2.45, 2.75) is 39.5 Å². The number of rotatable bonds is 6. The average molecular weight is 437 g/mol. The summed E-state index contributed by atoms with van der Waals surface area (Å²) < 4.78 is 0. The highest BCUT2D eigenvalue weighted by atomic mass is 32.1. The van der Waals surface area contributed by atoms with Gasteiger partial charge in [-0.3, -0.25) is 14.7 Å². The number of primary amides is 1. The van der Waals surface area contributed by atoms with Gasteiger partial charge in [-0.15, -0.1) is 11.3 Å². The van der Waals surface area contributed by atoms with E-state index in [-0.39, 0.29) is 11.8 Å². The predicted molar refractivity (Wildman–Crippen MR) is 123 cm³/mol. The molecule has 3 aromatic rings. The summed E-state index contributed by atoms with van der Waals surface area (Å²) >= 11 is 1.68. The van der Waals surface area contributed by atoms with Gasteiger partial charge in [-0.05, 0) is 55.2 Å². The lowest BCUT2D eigenvalue weighted by Crippen LogP contribution is -2.53. The lowest BCUT2D eigenvalue weighted by atomic mass is 9.73. The summed E-state index contributed by atoms with van der Waals surface area (Å²) in [5, 5.41) is 9.27. The minimum atomic E-state index is -0.793. The Kier molecular flexibility index (Phi) is 5.96. The Morgan fingerprint density at radius 2 is 2.06 bits per heavy atom. The van der Waals surface area contributed by atoms with Crippen molar-refractivity contribution in [3.63, 3.8) is 0 Å². The third-order valence-electron chi connectivity index (χ3n) is 6.39. The number of nitrogens with zero attached hydrogens (tertiary/aromatic N) is 2. The zero-order valence-electron chi connectivity index (χ0n) is 18.0. The zero-order chi connectivity index (χ0) is 22.0. The summed E-state index contributed by atoms with van der Waals surface area (Å²) in [6, 6.07) is 12.3. The molecule has 4 rings (SSSR count). The van der Waals surface area contributed by atoms with E-state index in [1.165, 1.54) is 4.88 Å². The molecular weight excluding hydrogens is 408 g/mol. The Morgan fingerprint density at radius 1 is 1.26 bits per heavy atom. The quantitative estimate of drug-likeness (QED) is 0.613. The van der Waals surface area contributed by atoms with Gasteiger partial charge in [0.2, 0.25) is 5.91 Å². The smallest absolute Gasteiger partial charge is 0.274 e. The lowest BCUT2D eigenvalue weighted by Gasteiger charge is -2.41. The number of piperidine rings is 1. The summed E-state index contributed by atoms with van der Waals surface area (Å²) in [6.07, 6.45) is 2.71. The number of nitrogens with two attached hydrogens (primary N) is 1. The fourth-order valence-electron chi connectivity index (χ4n) is 4.59. The summed E-state index contributed by atoms with van der Waals surface area (Å²) in [4.78, 5) is 28.9. The van der Waals surface area contributed by atoms with Crippen LogP contribution in [0.5, 0.6) is 0 Å². The molecule has 1 atom stereocenters. The number of thiophene rings is 1. The van der Waals surface area contributed by atoms with Gasteiger partial charge in [0.05, 0.1) is 5.41 Å². The Balaban J connectivity index is 1.64. The van der Waals surface area contributed by atoms with Crippen molar-refractivity contribution in [1.29, 1.82) is 0 Å². The second kappa shape index (κ2) is 8.67. The topological polar surface area (TPSA) is 92.1 Å². The van der Waals surface area contributed by atoms with Gasteiger partial charge in [-0.25, -0.2) is 0 Å². The van der Waals surface area contributed by atoms with Crippen LogP contribution < -0.4 is 5.73 Å². The molecule has 1 aliphatic heterocycles. The number of nitrogens with one attached hydrogen (secondary N) is 1. The molecule has 2 amide bonds. The highest BCUT2D eigenvalue weighted by Crippen LogP contribution is 2.38. The fraction of sp³-hybridized carbons (Fsp3) is 0.375. The Labute approximate surface area is 186 Å². The maximum Gasteiger partial charge on any atom is 0.274 e. The van der Waals surface area contributed by atoms with Crippen LogP contribution in [0.4, 0.5) is 0 Å². The van der Waals surface area contributed by atoms with Crippen molar-refractivity contribution >= 4 is 23.2 Å². The monoisotopic (exact) mass is 436 g/mol. The van der Waals surface area contributed by atoms with Crippen molar-refractivity contribution in [1.82, 2.24) is 15.1 Å². The molecule has 0 unspecified atom stereocenters. The second-order valence-electron chi connectivity index (χ2n) is 8.32. The number of carbonyl (C=O) groups is 2. The Morgan fingerprint density at radius 3 is 2.74 bits per heavy atom. The largest absolute Gasteiger partial charge is 0.369 e. The number of hydrogen-bond acceptors (Lipinski definition) is 4. The van der Waals surface area contributed by atoms with Crippen LogP contribution in [0.1, 0.15) is 47.1 Å². The first kappa shape index (κ1) is 21.3. The molecule has 0 spiro atoms. The number of aryl methyl sites for hydroxylation is 1. The lowest BCUT2D eigenvalue weighted by molar-refractivity contribution is -0.130. The van der Waals surface area contributed by atoms with Crippen LogP contribution in [0.25, 0.3) is 10.4 Å². The van der Waals surface area contributed by atoms with E-state index in [2.05, 4.69) is 28.4 Å². The van der Waals surface area contributed by atoms with E-state index in [1.54, 1.807) is 16.2 Å². The Bertz CT molecular complexity index is 1090. The highest BCUT2D eigenvalue weighted by Gasteiger charge is 2.43. The number of amides is 2. The van der Waals surface area contributed by atoms with Crippen LogP contribution in [0.3, 0.4) is 0 Å². The molecule has 3 heterocycles. The van der Waals surface area contributed by atoms with Crippen LogP contribution in [-0.4, -0.2) is 40.0 Å². The molecule has 31 heavy (non-hydrogen) atoms. The van der Waals surface area contributed by atoms with Crippen LogP contribution >= 0.6 is 11.3 Å². The standard InChI is InChI=1S/C24H28N4O2S/c1-3-19-16(2)21(27-26-19)22(29)28-12-7-11-24(15-28,23(25)30)14-17-8-4-5-9-18(17)20-10-6-13-31-20/h4-6,8-10,13H,3,7,11-12,14-15H2,1-2H3,(H2,25,30)(H,26,27)/t24-/m0/s1. The number of aromatic amines is 1. The van der Waals surface area contributed by atoms with E-state index in [0.29, 0.717) is 31.6 Å². The molecule has 6 nitrogen and oxygen atoms in total. The molecule has 0 radical (unpaired) electrons. The molecule has 1 saturated heterocycles. The van der Waals surface area contributed by atoms with Crippen molar-refractivity contribution in [3.8, 4) is 10.4 Å². The molecule has 1 aliphatic rings. The van der Waals surface area contributed by atoms with E-state index < -0.39 is 5.41 Å². The van der Waals surface area contributed by atoms with Crippen LogP contribution in [-0.2, 0) is 17.6 Å². The van der Waals surface area contributed by atoms with E-state index in [9.17, 15) is 9.59 Å². The van der Waals surface area contributed by atoms with Crippen molar-refractivity contribution in [2.75, 3.05) is 13.1 Å². The molecule has 162 valence electrons. The van der Waals surface area contributed by atoms with E-state index >= 15 is 0 Å². The maximum atomic E-state index is 13.3. The molecule has 1 aromatic carbocycles. The summed E-state index contributed by atoms with van der Waals surface area (Å²) in [5.41, 5.74) is 9.68. The molecule has 3 N–H and O–H groups in total. The maximum absolute atomic E-state index is 13.3. The van der Waals surface area contributed by atoms with Crippen molar-refractivity contribution in [2.24, 2.45) is 11.1 Å². The number of carbonyl (C=O) groups excluding carboxylic acids is 2. The van der Waals surface area contributed by atoms with Gasteiger partial charge < -0.3 is 10.6 Å². The van der Waals surface area contributed by atoms with Gasteiger partial charge in [0.25, 0.3) is 5.91 Å². The molecule has 0 bridgehead atoms. The first-order valence-electron chi connectivity index (χ1n) is 10.7. The summed E-state index contributed by atoms with van der Waals surface area (Å²) in [7, 11) is 0. The van der Waals surface area contributed by atoms with Gasteiger partial charge in [0.15, 0.2) is 5.69 Å². The van der Waals surface area contributed by atoms with Crippen molar-refractivity contribution in [3.05, 3.63) is 64.3 Å². The van der Waals surface area contributed by atoms with Gasteiger partial charge in [-0.2, -0.15) is 5.10 Å². The molecule has 1 fully saturated rings. The number of likely N-dealkylation sites (tertiary alicyclic amines) is 1. The minimum absolute atomic E-state index is 0.134. The average Bonchev–Trinajstić information content (AvgIpc) is 3.43. The minimum Gasteiger partial charge on any atom is -0.369 e. The molecule has 0 saturated carbocycles. The number of aromatic nitrogens is 2. The SMILES string of the molecule is CCc1[nH]nc(C(=O)N2CCC[C@@](Cc3ccccc3-c3cccs3)(C(N)=O)C2)c1C. The number of hydrogen-bond donors (Lipinski definition) is 2. The third kappa shape index (κ3) is 4.02. The number of benzene rings is 1. The van der Waals surface area contributed by atoms with E-state index in [4.69, 9.17) is 5.73 Å². The van der Waals surface area contributed by atoms with E-state index in [0.717, 1.165) is 35.2 Å². The van der Waals surface area contributed by atoms with Gasteiger partial charge in [0, 0.05) is 29.2 Å². The fourth-order valence-corrected chi connectivity index (χ4v) is 5.37. The first-order valence-corrected chi connectivity index (χ1v) is 11.6. The van der Waals surface area contributed by atoms with Crippen LogP contribution in [0, 0.1) is 12.3 Å². The summed E-state index contributed by atoms with van der Waals surface area (Å²) in [5.74, 6) is -0.482. The first-order chi connectivity index (χ1) is 14.9. The summed E-state index contributed by atoms with van der Waals surface area (Å²) in [6.45, 7) is 4.86. The normalized spacial score (nSPS) is 18.8. The highest BCUT2D eigenvalue weighted by molar-refractivity contribution is 7.13. The molecule has 7 heteroatoms. The van der Waals surface area contributed by atoms with Crippen LogP contribution in [0.2, 0.25) is 0 Å². The second-order valence-corrected chi connectivity index (χ2v) is 9.26. The number of H-pyrrole nitrogens is 1. The third-order valence-corrected chi connectivity index (χ3v) is 7.29. The molecular formula is C24H28N4O2S. The zero-order valence-corrected chi connectivity index (χ0v) is 18.8.